The van der Waals surface area contributed by atoms with Gasteiger partial charge in [-0.25, -0.2) is 0 Å². The van der Waals surface area contributed by atoms with Crippen molar-refractivity contribution in [2.45, 2.75) is 57.6 Å². The molecular weight excluding hydrogens is 166 g/mol. The fraction of sp³-hybridized carbons (Fsp3) is 1.00. The summed E-state index contributed by atoms with van der Waals surface area (Å²) in [6, 6.07) is 0.340. The van der Waals surface area contributed by atoms with Gasteiger partial charge in [0, 0.05) is 16.5 Å². The smallest absolute Gasteiger partial charge is 0.00444 e. The highest BCUT2D eigenvalue weighted by molar-refractivity contribution is 8.00. The second-order valence-electron chi connectivity index (χ2n) is 4.11. The molecule has 74 valence electrons. The highest BCUT2D eigenvalue weighted by atomic mass is 32.2. The van der Waals surface area contributed by atoms with Gasteiger partial charge in [-0.2, -0.15) is 11.8 Å². The second kappa shape index (κ2) is 5.87. The van der Waals surface area contributed by atoms with Gasteiger partial charge in [-0.15, -0.1) is 0 Å². The molecule has 0 rings (SSSR count). The largest absolute Gasteiger partial charge is 0.328 e. The summed E-state index contributed by atoms with van der Waals surface area (Å²) in [6.45, 7) is 11.2. The fourth-order valence-corrected chi connectivity index (χ4v) is 2.56. The van der Waals surface area contributed by atoms with Gasteiger partial charge in [0.15, 0.2) is 0 Å². The third kappa shape index (κ3) is 5.90. The van der Waals surface area contributed by atoms with E-state index in [4.69, 9.17) is 5.73 Å². The molecule has 12 heavy (non-hydrogen) atoms. The van der Waals surface area contributed by atoms with E-state index < -0.39 is 0 Å². The molecule has 0 aliphatic carbocycles. The van der Waals surface area contributed by atoms with Crippen LogP contribution >= 0.6 is 11.8 Å². The maximum absolute atomic E-state index is 5.73. The van der Waals surface area contributed by atoms with Crippen LogP contribution in [0.25, 0.3) is 0 Å². The van der Waals surface area contributed by atoms with Crippen LogP contribution in [0.4, 0.5) is 0 Å². The van der Waals surface area contributed by atoms with E-state index in [9.17, 15) is 0 Å². The Hall–Kier alpha value is 0.310. The van der Waals surface area contributed by atoms with E-state index in [0.717, 1.165) is 17.6 Å². The Kier molecular flexibility index (Phi) is 6.02. The summed E-state index contributed by atoms with van der Waals surface area (Å²) < 4.78 is 0. The lowest BCUT2D eigenvalue weighted by Crippen LogP contribution is -2.21. The van der Waals surface area contributed by atoms with Crippen LogP contribution in [0.15, 0.2) is 0 Å². The van der Waals surface area contributed by atoms with E-state index in [-0.39, 0.29) is 0 Å². The molecule has 0 aromatic carbocycles. The van der Waals surface area contributed by atoms with Crippen molar-refractivity contribution in [2.75, 3.05) is 0 Å². The van der Waals surface area contributed by atoms with Crippen molar-refractivity contribution in [1.82, 2.24) is 0 Å². The minimum Gasteiger partial charge on any atom is -0.328 e. The highest BCUT2D eigenvalue weighted by Crippen LogP contribution is 2.25. The summed E-state index contributed by atoms with van der Waals surface area (Å²) in [5, 5.41) is 1.45. The SMILES string of the molecule is CC(N)CC(C)SC(C)C(C)C. The molecule has 0 aromatic heterocycles. The first kappa shape index (κ1) is 12.3. The second-order valence-corrected chi connectivity index (χ2v) is 5.93. The molecule has 0 aliphatic heterocycles. The molecule has 1 nitrogen and oxygen atoms in total. The van der Waals surface area contributed by atoms with Crippen LogP contribution in [-0.4, -0.2) is 16.5 Å². The first-order valence-electron chi connectivity index (χ1n) is 4.84. The first-order valence-corrected chi connectivity index (χ1v) is 5.78. The normalized spacial score (nSPS) is 19.2. The Balaban J connectivity index is 3.61. The zero-order valence-electron chi connectivity index (χ0n) is 9.00. The lowest BCUT2D eigenvalue weighted by Gasteiger charge is -2.21. The Morgan fingerprint density at radius 1 is 1.08 bits per heavy atom. The van der Waals surface area contributed by atoms with Crippen molar-refractivity contribution < 1.29 is 0 Å². The molecule has 0 aliphatic rings. The molecule has 0 heterocycles. The van der Waals surface area contributed by atoms with Crippen LogP contribution in [0.5, 0.6) is 0 Å². The molecule has 0 saturated carbocycles. The van der Waals surface area contributed by atoms with Crippen LogP contribution in [0, 0.1) is 5.92 Å². The van der Waals surface area contributed by atoms with Gasteiger partial charge in [-0.1, -0.05) is 27.7 Å². The van der Waals surface area contributed by atoms with Crippen molar-refractivity contribution in [3.63, 3.8) is 0 Å². The predicted octanol–water partition coefficient (Wildman–Crippen LogP) is 2.89. The molecule has 0 spiro atoms. The van der Waals surface area contributed by atoms with Crippen LogP contribution in [0.1, 0.15) is 41.0 Å². The van der Waals surface area contributed by atoms with E-state index in [1.807, 2.05) is 0 Å². The molecule has 0 amide bonds. The molecule has 0 aromatic rings. The van der Waals surface area contributed by atoms with E-state index in [2.05, 4.69) is 46.4 Å². The van der Waals surface area contributed by atoms with Gasteiger partial charge in [0.25, 0.3) is 0 Å². The Morgan fingerprint density at radius 3 is 1.92 bits per heavy atom. The molecule has 3 unspecified atom stereocenters. The molecule has 2 heteroatoms. The van der Waals surface area contributed by atoms with Crippen LogP contribution in [0.3, 0.4) is 0 Å². The topological polar surface area (TPSA) is 26.0 Å². The average Bonchev–Trinajstić information content (AvgIpc) is 1.84. The quantitative estimate of drug-likeness (QED) is 0.719. The van der Waals surface area contributed by atoms with Gasteiger partial charge in [0.2, 0.25) is 0 Å². The maximum Gasteiger partial charge on any atom is 0.00444 e. The number of thioether (sulfide) groups is 1. The number of nitrogens with two attached hydrogens (primary N) is 1. The van der Waals surface area contributed by atoms with Gasteiger partial charge >= 0.3 is 0 Å². The van der Waals surface area contributed by atoms with Gasteiger partial charge in [0.1, 0.15) is 0 Å². The summed E-state index contributed by atoms with van der Waals surface area (Å²) >= 11 is 2.06. The van der Waals surface area contributed by atoms with Gasteiger partial charge in [0.05, 0.1) is 0 Å². The minimum absolute atomic E-state index is 0.340. The number of hydrogen-bond donors (Lipinski definition) is 1. The number of rotatable bonds is 5. The minimum atomic E-state index is 0.340. The van der Waals surface area contributed by atoms with E-state index in [1.54, 1.807) is 0 Å². The summed E-state index contributed by atoms with van der Waals surface area (Å²) in [7, 11) is 0. The molecule has 0 bridgehead atoms. The summed E-state index contributed by atoms with van der Waals surface area (Å²) in [5.74, 6) is 0.769. The van der Waals surface area contributed by atoms with Crippen LogP contribution in [-0.2, 0) is 0 Å². The monoisotopic (exact) mass is 189 g/mol. The first-order chi connectivity index (χ1) is 5.43. The molecule has 0 saturated heterocycles. The average molecular weight is 189 g/mol. The highest BCUT2D eigenvalue weighted by Gasteiger charge is 2.13. The molecule has 3 atom stereocenters. The number of hydrogen-bond acceptors (Lipinski definition) is 2. The van der Waals surface area contributed by atoms with Crippen molar-refractivity contribution in [3.8, 4) is 0 Å². The van der Waals surface area contributed by atoms with E-state index in [1.165, 1.54) is 0 Å². The third-order valence-corrected chi connectivity index (χ3v) is 3.72. The summed E-state index contributed by atoms with van der Waals surface area (Å²) in [5.41, 5.74) is 5.73. The van der Waals surface area contributed by atoms with Crippen molar-refractivity contribution in [2.24, 2.45) is 11.7 Å². The fourth-order valence-electron chi connectivity index (χ4n) is 1.10. The van der Waals surface area contributed by atoms with Gasteiger partial charge in [-0.05, 0) is 19.3 Å². The van der Waals surface area contributed by atoms with E-state index >= 15 is 0 Å². The summed E-state index contributed by atoms with van der Waals surface area (Å²) in [4.78, 5) is 0. The van der Waals surface area contributed by atoms with Crippen LogP contribution < -0.4 is 5.73 Å². The lowest BCUT2D eigenvalue weighted by atomic mass is 10.1. The van der Waals surface area contributed by atoms with Gasteiger partial charge in [-0.3, -0.25) is 0 Å². The Morgan fingerprint density at radius 2 is 1.58 bits per heavy atom. The molecule has 2 N–H and O–H groups in total. The van der Waals surface area contributed by atoms with Crippen molar-refractivity contribution in [3.05, 3.63) is 0 Å². The molecular formula is C10H23NS. The van der Waals surface area contributed by atoms with Crippen molar-refractivity contribution >= 4 is 11.8 Å². The molecule has 0 radical (unpaired) electrons. The van der Waals surface area contributed by atoms with Crippen LogP contribution in [0.2, 0.25) is 0 Å². The lowest BCUT2D eigenvalue weighted by molar-refractivity contribution is 0.626. The van der Waals surface area contributed by atoms with E-state index in [0.29, 0.717) is 11.3 Å². The molecule has 0 fully saturated rings. The summed E-state index contributed by atoms with van der Waals surface area (Å²) in [6.07, 6.45) is 1.13. The third-order valence-electron chi connectivity index (χ3n) is 2.09. The Labute approximate surface area is 81.5 Å². The standard InChI is InChI=1S/C10H23NS/c1-7(2)10(5)12-9(4)6-8(3)11/h7-10H,6,11H2,1-5H3. The zero-order chi connectivity index (χ0) is 9.72. The maximum atomic E-state index is 5.73. The van der Waals surface area contributed by atoms with Gasteiger partial charge < -0.3 is 5.73 Å². The zero-order valence-corrected chi connectivity index (χ0v) is 9.82. The Bertz CT molecular complexity index is 112. The predicted molar refractivity (Wildman–Crippen MR) is 59.6 cm³/mol. The van der Waals surface area contributed by atoms with Crippen molar-refractivity contribution in [1.29, 1.82) is 0 Å².